The fourth-order valence-corrected chi connectivity index (χ4v) is 4.09. The highest BCUT2D eigenvalue weighted by Gasteiger charge is 2.31. The predicted octanol–water partition coefficient (Wildman–Crippen LogP) is 3.34. The van der Waals surface area contributed by atoms with E-state index in [-0.39, 0.29) is 17.9 Å². The summed E-state index contributed by atoms with van der Waals surface area (Å²) < 4.78 is 7.00. The Bertz CT molecular complexity index is 910. The van der Waals surface area contributed by atoms with E-state index in [0.29, 0.717) is 0 Å². The normalized spacial score (nSPS) is 16.7. The molecule has 1 aliphatic rings. The Morgan fingerprint density at radius 3 is 2.70 bits per heavy atom. The molecule has 27 heavy (non-hydrogen) atoms. The summed E-state index contributed by atoms with van der Waals surface area (Å²) in [4.78, 5) is 24.2. The molecule has 1 unspecified atom stereocenters. The van der Waals surface area contributed by atoms with E-state index in [9.17, 15) is 4.79 Å². The van der Waals surface area contributed by atoms with Gasteiger partial charge in [-0.3, -0.25) is 4.79 Å². The smallest absolute Gasteiger partial charge is 0.245 e. The van der Waals surface area contributed by atoms with Crippen LogP contribution in [0, 0.1) is 0 Å². The summed E-state index contributed by atoms with van der Waals surface area (Å²) in [6.45, 7) is 5.61. The molecule has 1 amide bonds. The number of imidazole rings is 1. The Hall–Kier alpha value is -2.70. The third-order valence-electron chi connectivity index (χ3n) is 5.52. The molecule has 0 N–H and O–H groups in total. The minimum absolute atomic E-state index is 0.182. The van der Waals surface area contributed by atoms with Crippen molar-refractivity contribution in [2.75, 3.05) is 13.1 Å². The number of carbonyl (C=O) groups is 1. The summed E-state index contributed by atoms with van der Waals surface area (Å²) >= 11 is 0. The lowest BCUT2D eigenvalue weighted by Crippen LogP contribution is -2.42. The van der Waals surface area contributed by atoms with Crippen LogP contribution in [0.1, 0.15) is 56.7 Å². The Labute approximate surface area is 158 Å². The molecule has 1 saturated heterocycles. The number of para-hydroxylation sites is 2. The first-order chi connectivity index (χ1) is 13.2. The fraction of sp³-hybridized carbons (Fsp3) is 0.500. The number of nitrogens with zero attached hydrogens (tertiary/aromatic N) is 5. The molecule has 1 atom stereocenters. The number of aromatic nitrogens is 4. The molecule has 0 radical (unpaired) electrons. The Morgan fingerprint density at radius 1 is 1.26 bits per heavy atom. The molecule has 7 heteroatoms. The number of benzene rings is 1. The molecule has 1 fully saturated rings. The van der Waals surface area contributed by atoms with Crippen LogP contribution >= 0.6 is 0 Å². The van der Waals surface area contributed by atoms with E-state index in [1.807, 2.05) is 23.1 Å². The summed E-state index contributed by atoms with van der Waals surface area (Å²) in [5.74, 6) is 2.18. The van der Waals surface area contributed by atoms with Crippen LogP contribution < -0.4 is 0 Å². The summed E-state index contributed by atoms with van der Waals surface area (Å²) in [7, 11) is 0. The quantitative estimate of drug-likeness (QED) is 0.691. The van der Waals surface area contributed by atoms with Crippen molar-refractivity contribution in [3.05, 3.63) is 42.3 Å². The van der Waals surface area contributed by atoms with Crippen molar-refractivity contribution in [1.82, 2.24) is 24.6 Å². The first-order valence-electron chi connectivity index (χ1n) is 9.73. The maximum absolute atomic E-state index is 13.4. The molecule has 0 aliphatic carbocycles. The average Bonchev–Trinajstić information content (AvgIpc) is 3.37. The number of likely N-dealkylation sites (tertiary alicyclic amines) is 1. The van der Waals surface area contributed by atoms with E-state index in [4.69, 9.17) is 9.51 Å². The molecule has 142 valence electrons. The molecule has 1 aromatic carbocycles. The maximum Gasteiger partial charge on any atom is 0.245 e. The van der Waals surface area contributed by atoms with Crippen molar-refractivity contribution in [3.63, 3.8) is 0 Å². The van der Waals surface area contributed by atoms with Crippen molar-refractivity contribution in [2.24, 2.45) is 0 Å². The second-order valence-corrected chi connectivity index (χ2v) is 7.05. The van der Waals surface area contributed by atoms with Gasteiger partial charge in [-0.1, -0.05) is 31.1 Å². The topological polar surface area (TPSA) is 77.0 Å². The van der Waals surface area contributed by atoms with Gasteiger partial charge in [0.2, 0.25) is 12.3 Å². The van der Waals surface area contributed by atoms with E-state index < -0.39 is 0 Å². The van der Waals surface area contributed by atoms with Gasteiger partial charge in [0.1, 0.15) is 11.9 Å². The molecule has 2 aromatic heterocycles. The van der Waals surface area contributed by atoms with Crippen LogP contribution in [0.15, 0.2) is 35.2 Å². The predicted molar refractivity (Wildman–Crippen MR) is 101 cm³/mol. The van der Waals surface area contributed by atoms with E-state index in [1.54, 1.807) is 0 Å². The van der Waals surface area contributed by atoms with Gasteiger partial charge in [-0.25, -0.2) is 4.98 Å². The molecule has 3 heterocycles. The van der Waals surface area contributed by atoms with Crippen molar-refractivity contribution in [1.29, 1.82) is 0 Å². The van der Waals surface area contributed by atoms with Gasteiger partial charge in [-0.05, 0) is 31.4 Å². The van der Waals surface area contributed by atoms with Gasteiger partial charge >= 0.3 is 0 Å². The van der Waals surface area contributed by atoms with Crippen molar-refractivity contribution < 1.29 is 9.32 Å². The first-order valence-corrected chi connectivity index (χ1v) is 9.73. The van der Waals surface area contributed by atoms with E-state index >= 15 is 0 Å². The molecular weight excluding hydrogens is 342 g/mol. The molecular formula is C20H25N5O2. The highest BCUT2D eigenvalue weighted by Crippen LogP contribution is 2.29. The summed E-state index contributed by atoms with van der Waals surface area (Å²) in [5.41, 5.74) is 1.99. The molecule has 4 rings (SSSR count). The second kappa shape index (κ2) is 7.50. The minimum atomic E-state index is -0.214. The van der Waals surface area contributed by atoms with Gasteiger partial charge in [-0.15, -0.1) is 0 Å². The van der Waals surface area contributed by atoms with Gasteiger partial charge in [0.05, 0.1) is 11.0 Å². The highest BCUT2D eigenvalue weighted by molar-refractivity contribution is 5.84. The zero-order valence-electron chi connectivity index (χ0n) is 15.8. The highest BCUT2D eigenvalue weighted by atomic mass is 16.5. The third kappa shape index (κ3) is 3.22. The summed E-state index contributed by atoms with van der Waals surface area (Å²) in [6.07, 6.45) is 4.66. The van der Waals surface area contributed by atoms with Crippen LogP contribution in [0.25, 0.3) is 11.0 Å². The third-order valence-corrected chi connectivity index (χ3v) is 5.52. The zero-order valence-corrected chi connectivity index (χ0v) is 15.8. The molecule has 7 nitrogen and oxygen atoms in total. The Kier molecular flexibility index (Phi) is 4.92. The van der Waals surface area contributed by atoms with Crippen molar-refractivity contribution in [2.45, 2.75) is 51.5 Å². The summed E-state index contributed by atoms with van der Waals surface area (Å²) in [5, 5.41) is 3.96. The van der Waals surface area contributed by atoms with E-state index in [1.165, 1.54) is 6.39 Å². The average molecular weight is 367 g/mol. The van der Waals surface area contributed by atoms with Crippen LogP contribution in [0.4, 0.5) is 0 Å². The van der Waals surface area contributed by atoms with Gasteiger partial charge in [0.15, 0.2) is 5.82 Å². The molecule has 3 aromatic rings. The number of amides is 1. The van der Waals surface area contributed by atoms with Gasteiger partial charge in [-0.2, -0.15) is 4.98 Å². The van der Waals surface area contributed by atoms with Crippen LogP contribution in [0.3, 0.4) is 0 Å². The number of hydrogen-bond donors (Lipinski definition) is 0. The Balaban J connectivity index is 1.56. The zero-order chi connectivity index (χ0) is 18.8. The van der Waals surface area contributed by atoms with Crippen LogP contribution in [-0.2, 0) is 11.2 Å². The Morgan fingerprint density at radius 2 is 2.04 bits per heavy atom. The van der Waals surface area contributed by atoms with E-state index in [0.717, 1.165) is 61.5 Å². The monoisotopic (exact) mass is 367 g/mol. The number of aryl methyl sites for hydroxylation is 1. The number of hydrogen-bond acceptors (Lipinski definition) is 5. The standard InChI is InChI=1S/C20H25N5O2/c1-3-16(25-17-8-6-5-7-15(17)22-18(25)4-2)20(26)24-11-9-14(10-12-24)19-21-13-27-23-19/h5-8,13-14,16H,3-4,9-12H2,1-2H3. The maximum atomic E-state index is 13.4. The lowest BCUT2D eigenvalue weighted by atomic mass is 9.95. The fourth-order valence-electron chi connectivity index (χ4n) is 4.09. The van der Waals surface area contributed by atoms with Crippen LogP contribution in [0.5, 0.6) is 0 Å². The largest absolute Gasteiger partial charge is 0.343 e. The summed E-state index contributed by atoms with van der Waals surface area (Å²) in [6, 6.07) is 7.85. The second-order valence-electron chi connectivity index (χ2n) is 7.05. The van der Waals surface area contributed by atoms with Crippen LogP contribution in [0.2, 0.25) is 0 Å². The molecule has 1 aliphatic heterocycles. The van der Waals surface area contributed by atoms with Crippen LogP contribution in [-0.4, -0.2) is 43.6 Å². The number of piperidine rings is 1. The van der Waals surface area contributed by atoms with Gasteiger partial charge < -0.3 is 14.0 Å². The van der Waals surface area contributed by atoms with Gasteiger partial charge in [0, 0.05) is 25.4 Å². The lowest BCUT2D eigenvalue weighted by molar-refractivity contribution is -0.136. The number of rotatable bonds is 5. The van der Waals surface area contributed by atoms with E-state index in [2.05, 4.69) is 34.6 Å². The number of carbonyl (C=O) groups excluding carboxylic acids is 1. The van der Waals surface area contributed by atoms with Crippen molar-refractivity contribution >= 4 is 16.9 Å². The lowest BCUT2D eigenvalue weighted by Gasteiger charge is -2.34. The molecule has 0 saturated carbocycles. The van der Waals surface area contributed by atoms with Crippen molar-refractivity contribution in [3.8, 4) is 0 Å². The minimum Gasteiger partial charge on any atom is -0.343 e. The SMILES string of the molecule is CCc1nc2ccccc2n1C(CC)C(=O)N1CCC(c2ncon2)CC1. The number of fused-ring (bicyclic) bond motifs is 1. The molecule has 0 bridgehead atoms. The first kappa shape index (κ1) is 17.7. The van der Waals surface area contributed by atoms with Gasteiger partial charge in [0.25, 0.3) is 0 Å². The molecule has 0 spiro atoms.